The number of hydrogen-bond acceptors (Lipinski definition) is 5. The summed E-state index contributed by atoms with van der Waals surface area (Å²) in [5.41, 5.74) is 2.15. The molecular formula is C25H21NO5. The maximum atomic E-state index is 12.7. The molecule has 0 aliphatic carbocycles. The maximum absolute atomic E-state index is 12.7. The molecule has 3 aromatic rings. The molecule has 3 aromatic carbocycles. The van der Waals surface area contributed by atoms with Crippen molar-refractivity contribution in [2.75, 3.05) is 11.5 Å². The Morgan fingerprint density at radius 2 is 1.48 bits per heavy atom. The molecule has 1 aliphatic rings. The van der Waals surface area contributed by atoms with Gasteiger partial charge in [0.1, 0.15) is 11.5 Å². The SMILES string of the molecule is CC(C)c1cccc(OCC(=O)Oc2cccc(N3C(=O)c4ccccc4C3=O)c2)c1. The normalized spacial score (nSPS) is 12.8. The number of fused-ring (bicyclic) bond motifs is 1. The first kappa shape index (κ1) is 20.3. The number of carbonyl (C=O) groups is 3. The maximum Gasteiger partial charge on any atom is 0.349 e. The Morgan fingerprint density at radius 1 is 0.839 bits per heavy atom. The van der Waals surface area contributed by atoms with Gasteiger partial charge >= 0.3 is 5.97 Å². The van der Waals surface area contributed by atoms with Crippen molar-refractivity contribution in [1.82, 2.24) is 0 Å². The number of anilines is 1. The minimum Gasteiger partial charge on any atom is -0.482 e. The minimum atomic E-state index is -0.588. The highest BCUT2D eigenvalue weighted by Gasteiger charge is 2.36. The molecule has 0 saturated carbocycles. The van der Waals surface area contributed by atoms with Crippen LogP contribution in [0.15, 0.2) is 72.8 Å². The number of esters is 1. The topological polar surface area (TPSA) is 72.9 Å². The molecule has 0 radical (unpaired) electrons. The number of rotatable bonds is 6. The van der Waals surface area contributed by atoms with Crippen molar-refractivity contribution >= 4 is 23.5 Å². The Kier molecular flexibility index (Phi) is 5.54. The number of benzene rings is 3. The van der Waals surface area contributed by atoms with Gasteiger partial charge in [0, 0.05) is 6.07 Å². The molecule has 0 fully saturated rings. The van der Waals surface area contributed by atoms with E-state index in [9.17, 15) is 14.4 Å². The third kappa shape index (κ3) is 4.19. The molecule has 0 atom stereocenters. The van der Waals surface area contributed by atoms with Gasteiger partial charge in [-0.2, -0.15) is 0 Å². The molecule has 0 saturated heterocycles. The molecule has 0 spiro atoms. The van der Waals surface area contributed by atoms with Crippen molar-refractivity contribution in [3.8, 4) is 11.5 Å². The van der Waals surface area contributed by atoms with E-state index < -0.39 is 17.8 Å². The van der Waals surface area contributed by atoms with E-state index in [0.717, 1.165) is 10.5 Å². The van der Waals surface area contributed by atoms with E-state index in [0.29, 0.717) is 28.5 Å². The van der Waals surface area contributed by atoms with Gasteiger partial charge in [0.2, 0.25) is 0 Å². The summed E-state index contributed by atoms with van der Waals surface area (Å²) in [5, 5.41) is 0. The van der Waals surface area contributed by atoms with Crippen LogP contribution in [0.25, 0.3) is 0 Å². The van der Waals surface area contributed by atoms with Gasteiger partial charge in [-0.3, -0.25) is 9.59 Å². The third-order valence-corrected chi connectivity index (χ3v) is 4.98. The van der Waals surface area contributed by atoms with Crippen LogP contribution in [0, 0.1) is 0 Å². The molecule has 6 nitrogen and oxygen atoms in total. The fourth-order valence-electron chi connectivity index (χ4n) is 3.38. The van der Waals surface area contributed by atoms with Crippen LogP contribution in [-0.4, -0.2) is 24.4 Å². The summed E-state index contributed by atoms with van der Waals surface area (Å²) in [6.45, 7) is 3.89. The summed E-state index contributed by atoms with van der Waals surface area (Å²) in [6, 6.07) is 20.5. The molecule has 156 valence electrons. The standard InChI is InChI=1S/C25H21NO5/c1-16(2)17-7-5-9-19(13-17)30-15-23(27)31-20-10-6-8-18(14-20)26-24(28)21-11-3-4-12-22(21)25(26)29/h3-14,16H,15H2,1-2H3. The largest absolute Gasteiger partial charge is 0.482 e. The fraction of sp³-hybridized carbons (Fsp3) is 0.160. The Hall–Kier alpha value is -3.93. The van der Waals surface area contributed by atoms with Gasteiger partial charge in [-0.25, -0.2) is 9.69 Å². The van der Waals surface area contributed by atoms with Crippen molar-refractivity contribution in [2.24, 2.45) is 0 Å². The lowest BCUT2D eigenvalue weighted by molar-refractivity contribution is -0.136. The van der Waals surface area contributed by atoms with Gasteiger partial charge in [-0.05, 0) is 47.9 Å². The predicted molar refractivity (Wildman–Crippen MR) is 116 cm³/mol. The summed E-state index contributed by atoms with van der Waals surface area (Å²) in [6.07, 6.45) is 0. The quantitative estimate of drug-likeness (QED) is 0.334. The number of amides is 2. The first-order chi connectivity index (χ1) is 14.9. The van der Waals surface area contributed by atoms with Gasteiger partial charge in [0.25, 0.3) is 11.8 Å². The average Bonchev–Trinajstić information content (AvgIpc) is 3.03. The second-order valence-electron chi connectivity index (χ2n) is 7.48. The van der Waals surface area contributed by atoms with Crippen molar-refractivity contribution < 1.29 is 23.9 Å². The first-order valence-electron chi connectivity index (χ1n) is 9.95. The summed E-state index contributed by atoms with van der Waals surface area (Å²) < 4.78 is 10.9. The minimum absolute atomic E-state index is 0.221. The van der Waals surface area contributed by atoms with E-state index in [-0.39, 0.29) is 12.4 Å². The van der Waals surface area contributed by atoms with E-state index in [1.54, 1.807) is 48.5 Å². The Bertz CT molecular complexity index is 1130. The van der Waals surface area contributed by atoms with E-state index >= 15 is 0 Å². The van der Waals surface area contributed by atoms with Crippen LogP contribution in [0.4, 0.5) is 5.69 Å². The summed E-state index contributed by atoms with van der Waals surface area (Å²) in [4.78, 5) is 38.6. The van der Waals surface area contributed by atoms with Crippen LogP contribution in [-0.2, 0) is 4.79 Å². The zero-order chi connectivity index (χ0) is 22.0. The van der Waals surface area contributed by atoms with Gasteiger partial charge in [0.05, 0.1) is 16.8 Å². The molecular weight excluding hydrogens is 394 g/mol. The van der Waals surface area contributed by atoms with E-state index in [1.807, 2.05) is 18.2 Å². The number of hydrogen-bond donors (Lipinski definition) is 0. The monoisotopic (exact) mass is 415 g/mol. The molecule has 6 heteroatoms. The lowest BCUT2D eigenvalue weighted by Gasteiger charge is -2.15. The summed E-state index contributed by atoms with van der Waals surface area (Å²) in [7, 11) is 0. The van der Waals surface area contributed by atoms with Gasteiger partial charge < -0.3 is 9.47 Å². The van der Waals surface area contributed by atoms with E-state index in [2.05, 4.69) is 13.8 Å². The highest BCUT2D eigenvalue weighted by atomic mass is 16.6. The molecule has 1 heterocycles. The van der Waals surface area contributed by atoms with Crippen molar-refractivity contribution in [2.45, 2.75) is 19.8 Å². The van der Waals surface area contributed by atoms with Crippen molar-refractivity contribution in [3.05, 3.63) is 89.5 Å². The van der Waals surface area contributed by atoms with Crippen molar-refractivity contribution in [3.63, 3.8) is 0 Å². The highest BCUT2D eigenvalue weighted by Crippen LogP contribution is 2.30. The number of imide groups is 1. The molecule has 0 aromatic heterocycles. The van der Waals surface area contributed by atoms with E-state index in [4.69, 9.17) is 9.47 Å². The molecule has 0 bridgehead atoms. The Balaban J connectivity index is 1.43. The smallest absolute Gasteiger partial charge is 0.349 e. The van der Waals surface area contributed by atoms with Crippen LogP contribution in [0.2, 0.25) is 0 Å². The van der Waals surface area contributed by atoms with Gasteiger partial charge in [-0.15, -0.1) is 0 Å². The molecule has 2 amide bonds. The van der Waals surface area contributed by atoms with Crippen LogP contribution >= 0.6 is 0 Å². The molecule has 4 rings (SSSR count). The van der Waals surface area contributed by atoms with Gasteiger partial charge in [-0.1, -0.05) is 44.2 Å². The third-order valence-electron chi connectivity index (χ3n) is 4.98. The molecule has 0 N–H and O–H groups in total. The van der Waals surface area contributed by atoms with Crippen LogP contribution in [0.3, 0.4) is 0 Å². The van der Waals surface area contributed by atoms with Crippen LogP contribution in [0.1, 0.15) is 46.0 Å². The molecule has 31 heavy (non-hydrogen) atoms. The Labute approximate surface area is 180 Å². The molecule has 0 unspecified atom stereocenters. The fourth-order valence-corrected chi connectivity index (χ4v) is 3.38. The lowest BCUT2D eigenvalue weighted by Crippen LogP contribution is -2.29. The van der Waals surface area contributed by atoms with Gasteiger partial charge in [0.15, 0.2) is 6.61 Å². The second-order valence-corrected chi connectivity index (χ2v) is 7.48. The Morgan fingerprint density at radius 3 is 2.16 bits per heavy atom. The number of ether oxygens (including phenoxy) is 2. The zero-order valence-corrected chi connectivity index (χ0v) is 17.2. The molecule has 1 aliphatic heterocycles. The van der Waals surface area contributed by atoms with E-state index in [1.165, 1.54) is 6.07 Å². The lowest BCUT2D eigenvalue weighted by atomic mass is 10.0. The summed E-state index contributed by atoms with van der Waals surface area (Å²) >= 11 is 0. The predicted octanol–water partition coefficient (Wildman–Crippen LogP) is 4.60. The second kappa shape index (κ2) is 8.44. The van der Waals surface area contributed by atoms with Crippen molar-refractivity contribution in [1.29, 1.82) is 0 Å². The number of nitrogens with zero attached hydrogens (tertiary/aromatic N) is 1. The average molecular weight is 415 g/mol. The first-order valence-corrected chi connectivity index (χ1v) is 9.95. The van der Waals surface area contributed by atoms with Crippen LogP contribution < -0.4 is 14.4 Å². The van der Waals surface area contributed by atoms with Crippen LogP contribution in [0.5, 0.6) is 11.5 Å². The summed E-state index contributed by atoms with van der Waals surface area (Å²) in [5.74, 6) is -0.244. The zero-order valence-electron chi connectivity index (χ0n) is 17.2. The highest BCUT2D eigenvalue weighted by molar-refractivity contribution is 6.34. The number of carbonyl (C=O) groups excluding carboxylic acids is 3.